The fraction of sp³-hybridized carbons (Fsp3) is 0.571. The lowest BCUT2D eigenvalue weighted by atomic mass is 10.1. The standard InChI is InChI=1S/C14H23NO3/c1-3-8-15(9-10-16)11-12-6-5-7-13(14(12)17)18-4-2/h5-7,16-17H,3-4,8-11H2,1-2H3. The van der Waals surface area contributed by atoms with Crippen molar-refractivity contribution in [2.45, 2.75) is 26.8 Å². The molecule has 0 spiro atoms. The molecule has 0 atom stereocenters. The summed E-state index contributed by atoms with van der Waals surface area (Å²) in [7, 11) is 0. The lowest BCUT2D eigenvalue weighted by Crippen LogP contribution is -2.27. The second-order valence-corrected chi connectivity index (χ2v) is 4.20. The highest BCUT2D eigenvalue weighted by atomic mass is 16.5. The maximum absolute atomic E-state index is 10.1. The molecule has 18 heavy (non-hydrogen) atoms. The maximum atomic E-state index is 10.1. The Morgan fingerprint density at radius 1 is 1.22 bits per heavy atom. The van der Waals surface area contributed by atoms with Crippen LogP contribution in [0.1, 0.15) is 25.8 Å². The van der Waals surface area contributed by atoms with E-state index >= 15 is 0 Å². The number of hydrogen-bond donors (Lipinski definition) is 2. The summed E-state index contributed by atoms with van der Waals surface area (Å²) in [5.41, 5.74) is 0.836. The van der Waals surface area contributed by atoms with Crippen LogP contribution in [0.4, 0.5) is 0 Å². The molecule has 0 radical (unpaired) electrons. The highest BCUT2D eigenvalue weighted by Crippen LogP contribution is 2.30. The molecule has 0 aliphatic rings. The fourth-order valence-electron chi connectivity index (χ4n) is 1.94. The number of ether oxygens (including phenoxy) is 1. The Morgan fingerprint density at radius 2 is 2.00 bits per heavy atom. The number of benzene rings is 1. The lowest BCUT2D eigenvalue weighted by molar-refractivity contribution is 0.188. The number of aromatic hydroxyl groups is 1. The minimum Gasteiger partial charge on any atom is -0.504 e. The predicted octanol–water partition coefficient (Wildman–Crippen LogP) is 2.00. The molecule has 102 valence electrons. The summed E-state index contributed by atoms with van der Waals surface area (Å²) in [6, 6.07) is 5.53. The van der Waals surface area contributed by atoms with Gasteiger partial charge in [0.05, 0.1) is 13.2 Å². The summed E-state index contributed by atoms with van der Waals surface area (Å²) >= 11 is 0. The van der Waals surface area contributed by atoms with Crippen molar-refractivity contribution in [1.82, 2.24) is 4.90 Å². The third kappa shape index (κ3) is 4.20. The Bertz CT molecular complexity index is 349. The van der Waals surface area contributed by atoms with Crippen LogP contribution in [0.25, 0.3) is 0 Å². The summed E-state index contributed by atoms with van der Waals surface area (Å²) in [4.78, 5) is 2.12. The summed E-state index contributed by atoms with van der Waals surface area (Å²) in [6.45, 7) is 6.80. The number of aliphatic hydroxyl groups excluding tert-OH is 1. The first kappa shape index (κ1) is 14.8. The SMILES string of the molecule is CCCN(CCO)Cc1cccc(OCC)c1O. The number of aliphatic hydroxyl groups is 1. The molecule has 0 bridgehead atoms. The zero-order chi connectivity index (χ0) is 13.4. The monoisotopic (exact) mass is 253 g/mol. The molecular formula is C14H23NO3. The van der Waals surface area contributed by atoms with Crippen LogP contribution in [0, 0.1) is 0 Å². The van der Waals surface area contributed by atoms with Gasteiger partial charge >= 0.3 is 0 Å². The molecule has 1 rings (SSSR count). The van der Waals surface area contributed by atoms with Gasteiger partial charge in [0.15, 0.2) is 11.5 Å². The smallest absolute Gasteiger partial charge is 0.162 e. The van der Waals surface area contributed by atoms with E-state index in [4.69, 9.17) is 9.84 Å². The number of rotatable bonds is 8. The Hall–Kier alpha value is -1.26. The molecule has 0 heterocycles. The van der Waals surface area contributed by atoms with Gasteiger partial charge in [-0.3, -0.25) is 4.90 Å². The van der Waals surface area contributed by atoms with E-state index in [0.717, 1.165) is 18.5 Å². The van der Waals surface area contributed by atoms with Crippen LogP contribution >= 0.6 is 0 Å². The third-order valence-electron chi connectivity index (χ3n) is 2.73. The zero-order valence-electron chi connectivity index (χ0n) is 11.2. The Balaban J connectivity index is 2.78. The van der Waals surface area contributed by atoms with Crippen LogP contribution in [0.2, 0.25) is 0 Å². The minimum absolute atomic E-state index is 0.131. The largest absolute Gasteiger partial charge is 0.504 e. The van der Waals surface area contributed by atoms with Crippen molar-refractivity contribution < 1.29 is 14.9 Å². The van der Waals surface area contributed by atoms with E-state index in [1.54, 1.807) is 6.07 Å². The molecule has 0 aromatic heterocycles. The quantitative estimate of drug-likeness (QED) is 0.744. The number of hydrogen-bond acceptors (Lipinski definition) is 4. The molecule has 0 aliphatic heterocycles. The molecule has 0 fully saturated rings. The van der Waals surface area contributed by atoms with E-state index in [0.29, 0.717) is 25.4 Å². The van der Waals surface area contributed by atoms with Crippen LogP contribution in [-0.2, 0) is 6.54 Å². The van der Waals surface area contributed by atoms with Crippen molar-refractivity contribution in [2.24, 2.45) is 0 Å². The zero-order valence-corrected chi connectivity index (χ0v) is 11.2. The second kappa shape index (κ2) is 7.95. The molecule has 0 amide bonds. The van der Waals surface area contributed by atoms with E-state index in [1.807, 2.05) is 19.1 Å². The van der Waals surface area contributed by atoms with Gasteiger partial charge in [-0.25, -0.2) is 0 Å². The Labute approximate surface area is 109 Å². The van der Waals surface area contributed by atoms with Gasteiger partial charge in [-0.05, 0) is 26.0 Å². The lowest BCUT2D eigenvalue weighted by Gasteiger charge is -2.21. The molecule has 0 saturated heterocycles. The number of nitrogens with zero attached hydrogens (tertiary/aromatic N) is 1. The first-order chi connectivity index (χ1) is 8.72. The van der Waals surface area contributed by atoms with Gasteiger partial charge in [0.1, 0.15) is 0 Å². The predicted molar refractivity (Wildman–Crippen MR) is 71.9 cm³/mol. The first-order valence-corrected chi connectivity index (χ1v) is 6.49. The number of para-hydroxylation sites is 1. The third-order valence-corrected chi connectivity index (χ3v) is 2.73. The van der Waals surface area contributed by atoms with Gasteiger partial charge in [-0.15, -0.1) is 0 Å². The van der Waals surface area contributed by atoms with Crippen LogP contribution in [0.5, 0.6) is 11.5 Å². The average Bonchev–Trinajstić information content (AvgIpc) is 2.35. The van der Waals surface area contributed by atoms with Crippen LogP contribution in [0.3, 0.4) is 0 Å². The van der Waals surface area contributed by atoms with E-state index in [-0.39, 0.29) is 12.4 Å². The molecule has 0 aliphatic carbocycles. The summed E-state index contributed by atoms with van der Waals surface area (Å²) in [5, 5.41) is 19.1. The van der Waals surface area contributed by atoms with E-state index in [2.05, 4.69) is 11.8 Å². The highest BCUT2D eigenvalue weighted by Gasteiger charge is 2.11. The van der Waals surface area contributed by atoms with Gasteiger partial charge < -0.3 is 14.9 Å². The van der Waals surface area contributed by atoms with Gasteiger partial charge in [0, 0.05) is 18.7 Å². The van der Waals surface area contributed by atoms with Crippen LogP contribution < -0.4 is 4.74 Å². The van der Waals surface area contributed by atoms with Crippen LogP contribution in [0.15, 0.2) is 18.2 Å². The van der Waals surface area contributed by atoms with Gasteiger partial charge in [-0.2, -0.15) is 0 Å². The first-order valence-electron chi connectivity index (χ1n) is 6.49. The van der Waals surface area contributed by atoms with Gasteiger partial charge in [0.25, 0.3) is 0 Å². The van der Waals surface area contributed by atoms with Crippen molar-refractivity contribution in [3.05, 3.63) is 23.8 Å². The minimum atomic E-state index is 0.131. The molecule has 1 aromatic rings. The van der Waals surface area contributed by atoms with Crippen molar-refractivity contribution in [3.8, 4) is 11.5 Å². The van der Waals surface area contributed by atoms with Gasteiger partial charge in [0.2, 0.25) is 0 Å². The Kier molecular flexibility index (Phi) is 6.54. The van der Waals surface area contributed by atoms with Crippen molar-refractivity contribution in [1.29, 1.82) is 0 Å². The summed E-state index contributed by atoms with van der Waals surface area (Å²) in [5.74, 6) is 0.730. The van der Waals surface area contributed by atoms with E-state index < -0.39 is 0 Å². The van der Waals surface area contributed by atoms with E-state index in [1.165, 1.54) is 0 Å². The fourth-order valence-corrected chi connectivity index (χ4v) is 1.94. The molecule has 0 saturated carbocycles. The highest BCUT2D eigenvalue weighted by molar-refractivity contribution is 5.45. The van der Waals surface area contributed by atoms with Crippen molar-refractivity contribution in [3.63, 3.8) is 0 Å². The average molecular weight is 253 g/mol. The molecular weight excluding hydrogens is 230 g/mol. The molecule has 2 N–H and O–H groups in total. The topological polar surface area (TPSA) is 52.9 Å². The van der Waals surface area contributed by atoms with Gasteiger partial charge in [-0.1, -0.05) is 19.1 Å². The van der Waals surface area contributed by atoms with Crippen molar-refractivity contribution in [2.75, 3.05) is 26.3 Å². The maximum Gasteiger partial charge on any atom is 0.162 e. The molecule has 0 unspecified atom stereocenters. The Morgan fingerprint density at radius 3 is 2.61 bits per heavy atom. The molecule has 1 aromatic carbocycles. The van der Waals surface area contributed by atoms with Crippen LogP contribution in [-0.4, -0.2) is 41.4 Å². The summed E-state index contributed by atoms with van der Waals surface area (Å²) in [6.07, 6.45) is 1.02. The van der Waals surface area contributed by atoms with Crippen molar-refractivity contribution >= 4 is 0 Å². The normalized spacial score (nSPS) is 10.9. The number of phenolic OH excluding ortho intramolecular Hbond substituents is 1. The summed E-state index contributed by atoms with van der Waals surface area (Å²) < 4.78 is 5.36. The second-order valence-electron chi connectivity index (χ2n) is 4.20. The molecule has 4 heteroatoms. The van der Waals surface area contributed by atoms with E-state index in [9.17, 15) is 5.11 Å². The molecule has 4 nitrogen and oxygen atoms in total. The number of phenols is 1.